The van der Waals surface area contributed by atoms with Gasteiger partial charge in [-0.2, -0.15) is 0 Å². The standard InChI is InChI=1S/C12H15FO2/c13-10-7-4-8-11(14)12(10)15-9-5-2-1-3-6-9/h4,7-9,14H,1-3,5-6H2. The molecule has 15 heavy (non-hydrogen) atoms. The first kappa shape index (κ1) is 10.3. The lowest BCUT2D eigenvalue weighted by atomic mass is 9.98. The van der Waals surface area contributed by atoms with Crippen LogP contribution in [0.25, 0.3) is 0 Å². The lowest BCUT2D eigenvalue weighted by molar-refractivity contribution is 0.143. The summed E-state index contributed by atoms with van der Waals surface area (Å²) in [5, 5.41) is 9.46. The van der Waals surface area contributed by atoms with Gasteiger partial charge < -0.3 is 9.84 Å². The average Bonchev–Trinajstić information content (AvgIpc) is 2.25. The van der Waals surface area contributed by atoms with Crippen LogP contribution in [0.15, 0.2) is 18.2 Å². The van der Waals surface area contributed by atoms with Gasteiger partial charge in [0.1, 0.15) is 0 Å². The zero-order valence-corrected chi connectivity index (χ0v) is 8.58. The Balaban J connectivity index is 2.09. The average molecular weight is 210 g/mol. The number of benzene rings is 1. The van der Waals surface area contributed by atoms with E-state index in [2.05, 4.69) is 0 Å². The minimum absolute atomic E-state index is 0.00407. The molecule has 1 aliphatic rings. The van der Waals surface area contributed by atoms with Crippen molar-refractivity contribution in [3.63, 3.8) is 0 Å². The third-order valence-corrected chi connectivity index (χ3v) is 2.78. The topological polar surface area (TPSA) is 29.5 Å². The van der Waals surface area contributed by atoms with Gasteiger partial charge in [0.2, 0.25) is 0 Å². The highest BCUT2D eigenvalue weighted by Gasteiger charge is 2.18. The van der Waals surface area contributed by atoms with Crippen LogP contribution in [-0.4, -0.2) is 11.2 Å². The molecule has 0 atom stereocenters. The zero-order valence-electron chi connectivity index (χ0n) is 8.58. The SMILES string of the molecule is Oc1cccc(F)c1OC1CCCCC1. The second-order valence-electron chi connectivity index (χ2n) is 3.97. The Morgan fingerprint density at radius 2 is 1.93 bits per heavy atom. The summed E-state index contributed by atoms with van der Waals surface area (Å²) in [6, 6.07) is 4.22. The van der Waals surface area contributed by atoms with Gasteiger partial charge in [0, 0.05) is 0 Å². The Hall–Kier alpha value is -1.25. The van der Waals surface area contributed by atoms with E-state index >= 15 is 0 Å². The van der Waals surface area contributed by atoms with E-state index in [0.717, 1.165) is 25.7 Å². The smallest absolute Gasteiger partial charge is 0.197 e. The highest BCUT2D eigenvalue weighted by atomic mass is 19.1. The Kier molecular flexibility index (Phi) is 3.09. The molecule has 0 bridgehead atoms. The van der Waals surface area contributed by atoms with Crippen LogP contribution in [0.2, 0.25) is 0 Å². The lowest BCUT2D eigenvalue weighted by Crippen LogP contribution is -2.20. The molecular formula is C12H15FO2. The summed E-state index contributed by atoms with van der Waals surface area (Å²) in [7, 11) is 0. The number of phenols is 1. The molecule has 1 aromatic carbocycles. The van der Waals surface area contributed by atoms with Crippen molar-refractivity contribution in [3.8, 4) is 11.5 Å². The first-order chi connectivity index (χ1) is 7.27. The van der Waals surface area contributed by atoms with E-state index in [0.29, 0.717) is 0 Å². The summed E-state index contributed by atoms with van der Waals surface area (Å²) in [6.45, 7) is 0. The summed E-state index contributed by atoms with van der Waals surface area (Å²) in [4.78, 5) is 0. The van der Waals surface area contributed by atoms with Gasteiger partial charge in [-0.15, -0.1) is 0 Å². The molecule has 1 saturated carbocycles. The third kappa shape index (κ3) is 2.41. The van der Waals surface area contributed by atoms with Crippen LogP contribution in [-0.2, 0) is 0 Å². The summed E-state index contributed by atoms with van der Waals surface area (Å²) in [6.07, 6.45) is 5.44. The van der Waals surface area contributed by atoms with Gasteiger partial charge in [-0.05, 0) is 37.8 Å². The predicted octanol–water partition coefficient (Wildman–Crippen LogP) is 3.24. The van der Waals surface area contributed by atoms with E-state index in [1.165, 1.54) is 24.6 Å². The minimum atomic E-state index is -0.486. The molecule has 1 aromatic rings. The first-order valence-corrected chi connectivity index (χ1v) is 5.41. The monoisotopic (exact) mass is 210 g/mol. The fourth-order valence-corrected chi connectivity index (χ4v) is 1.96. The van der Waals surface area contributed by atoms with Crippen LogP contribution in [0.4, 0.5) is 4.39 Å². The molecule has 3 heteroatoms. The highest BCUT2D eigenvalue weighted by molar-refractivity contribution is 5.39. The van der Waals surface area contributed by atoms with E-state index in [-0.39, 0.29) is 17.6 Å². The Morgan fingerprint density at radius 1 is 1.20 bits per heavy atom. The van der Waals surface area contributed by atoms with Crippen molar-refractivity contribution < 1.29 is 14.2 Å². The quantitative estimate of drug-likeness (QED) is 0.812. The van der Waals surface area contributed by atoms with E-state index < -0.39 is 5.82 Å². The zero-order chi connectivity index (χ0) is 10.7. The van der Waals surface area contributed by atoms with E-state index in [9.17, 15) is 9.50 Å². The molecule has 0 heterocycles. The molecule has 0 aromatic heterocycles. The van der Waals surface area contributed by atoms with Crippen molar-refractivity contribution in [2.24, 2.45) is 0 Å². The van der Waals surface area contributed by atoms with Gasteiger partial charge in [0.05, 0.1) is 6.10 Å². The second-order valence-corrected chi connectivity index (χ2v) is 3.97. The van der Waals surface area contributed by atoms with Crippen molar-refractivity contribution in [1.82, 2.24) is 0 Å². The summed E-state index contributed by atoms with van der Waals surface area (Å²) in [5.74, 6) is -0.592. The Bertz CT molecular complexity index is 312. The number of hydrogen-bond acceptors (Lipinski definition) is 2. The lowest BCUT2D eigenvalue weighted by Gasteiger charge is -2.23. The van der Waals surface area contributed by atoms with E-state index in [4.69, 9.17) is 4.74 Å². The van der Waals surface area contributed by atoms with Crippen molar-refractivity contribution >= 4 is 0 Å². The number of para-hydroxylation sites is 1. The molecule has 0 spiro atoms. The van der Waals surface area contributed by atoms with Gasteiger partial charge in [-0.25, -0.2) is 4.39 Å². The number of rotatable bonds is 2. The van der Waals surface area contributed by atoms with Gasteiger partial charge in [0.15, 0.2) is 17.3 Å². The van der Waals surface area contributed by atoms with E-state index in [1.807, 2.05) is 0 Å². The molecule has 1 fully saturated rings. The number of hydrogen-bond donors (Lipinski definition) is 1. The van der Waals surface area contributed by atoms with Gasteiger partial charge in [-0.3, -0.25) is 0 Å². The first-order valence-electron chi connectivity index (χ1n) is 5.41. The fraction of sp³-hybridized carbons (Fsp3) is 0.500. The molecule has 2 nitrogen and oxygen atoms in total. The number of halogens is 1. The van der Waals surface area contributed by atoms with Crippen LogP contribution in [0.1, 0.15) is 32.1 Å². The van der Waals surface area contributed by atoms with E-state index in [1.54, 1.807) is 0 Å². The molecule has 0 amide bonds. The Labute approximate surface area is 88.7 Å². The number of aromatic hydroxyl groups is 1. The third-order valence-electron chi connectivity index (χ3n) is 2.78. The molecule has 82 valence electrons. The summed E-state index contributed by atoms with van der Waals surface area (Å²) >= 11 is 0. The number of phenolic OH excluding ortho intramolecular Hbond substituents is 1. The van der Waals surface area contributed by atoms with Crippen molar-refractivity contribution in [1.29, 1.82) is 0 Å². The maximum absolute atomic E-state index is 13.3. The largest absolute Gasteiger partial charge is 0.504 e. The molecule has 0 saturated heterocycles. The van der Waals surface area contributed by atoms with Crippen molar-refractivity contribution in [2.45, 2.75) is 38.2 Å². The van der Waals surface area contributed by atoms with Crippen molar-refractivity contribution in [3.05, 3.63) is 24.0 Å². The molecule has 1 N–H and O–H groups in total. The second kappa shape index (κ2) is 4.51. The molecule has 2 rings (SSSR count). The highest BCUT2D eigenvalue weighted by Crippen LogP contribution is 2.32. The van der Waals surface area contributed by atoms with Gasteiger partial charge in [-0.1, -0.05) is 12.5 Å². The molecule has 0 unspecified atom stereocenters. The van der Waals surface area contributed by atoms with Crippen LogP contribution in [0, 0.1) is 5.82 Å². The molecule has 0 aliphatic heterocycles. The summed E-state index contributed by atoms with van der Waals surface area (Å²) < 4.78 is 18.8. The van der Waals surface area contributed by atoms with Crippen LogP contribution < -0.4 is 4.74 Å². The molecule has 0 radical (unpaired) electrons. The predicted molar refractivity (Wildman–Crippen MR) is 55.6 cm³/mol. The van der Waals surface area contributed by atoms with Crippen LogP contribution in [0.3, 0.4) is 0 Å². The minimum Gasteiger partial charge on any atom is -0.504 e. The summed E-state index contributed by atoms with van der Waals surface area (Å²) in [5.41, 5.74) is 0. The maximum atomic E-state index is 13.3. The van der Waals surface area contributed by atoms with Gasteiger partial charge >= 0.3 is 0 Å². The Morgan fingerprint density at radius 3 is 2.60 bits per heavy atom. The number of ether oxygens (including phenoxy) is 1. The van der Waals surface area contributed by atoms with Gasteiger partial charge in [0.25, 0.3) is 0 Å². The normalized spacial score (nSPS) is 17.7. The fourth-order valence-electron chi connectivity index (χ4n) is 1.96. The molecule has 1 aliphatic carbocycles. The maximum Gasteiger partial charge on any atom is 0.197 e. The van der Waals surface area contributed by atoms with Crippen LogP contribution in [0.5, 0.6) is 11.5 Å². The van der Waals surface area contributed by atoms with Crippen LogP contribution >= 0.6 is 0 Å². The molecular weight excluding hydrogens is 195 g/mol. The van der Waals surface area contributed by atoms with Crippen molar-refractivity contribution in [2.75, 3.05) is 0 Å².